The number of ether oxygens (including phenoxy) is 1. The van der Waals surface area contributed by atoms with Gasteiger partial charge in [0.2, 0.25) is 5.90 Å². The van der Waals surface area contributed by atoms with Crippen LogP contribution in [0.25, 0.3) is 32.7 Å². The molecule has 0 radical (unpaired) electrons. The van der Waals surface area contributed by atoms with Crippen LogP contribution in [-0.2, 0) is 4.74 Å². The summed E-state index contributed by atoms with van der Waals surface area (Å²) in [6.45, 7) is 5.30. The summed E-state index contributed by atoms with van der Waals surface area (Å²) in [7, 11) is 0. The minimum atomic E-state index is 0.00423. The van der Waals surface area contributed by atoms with Crippen LogP contribution in [0.2, 0.25) is 5.02 Å². The van der Waals surface area contributed by atoms with Crippen molar-refractivity contribution in [3.05, 3.63) is 149 Å². The molecule has 230 valence electrons. The molecule has 6 aromatic carbocycles. The number of nitrogens with zero attached hydrogens (tertiary/aromatic N) is 2. The fourth-order valence-electron chi connectivity index (χ4n) is 5.91. The van der Waals surface area contributed by atoms with Crippen molar-refractivity contribution in [2.75, 3.05) is 13.2 Å². The van der Waals surface area contributed by atoms with Crippen LogP contribution in [0.5, 0.6) is 5.75 Å². The maximum atomic E-state index is 7.26. The lowest BCUT2D eigenvalue weighted by Gasteiger charge is -2.20. The molecule has 6 aromatic rings. The summed E-state index contributed by atoms with van der Waals surface area (Å²) in [6, 6.07) is 42.8. The molecule has 7 rings (SSSR count). The molecule has 0 N–H and O–H groups in total. The monoisotopic (exact) mass is 644 g/mol. The SMILES string of the molecule is CCC(N=C(C)c1cc2ccccc2c(-c2c(Cl)c(C3=NCCO3)cc3ccccc23)c1OCl)c1ccccc1.c1ccccc1. The summed E-state index contributed by atoms with van der Waals surface area (Å²) in [4.78, 5) is 9.72. The summed E-state index contributed by atoms with van der Waals surface area (Å²) < 4.78 is 11.6. The predicted octanol–water partition coefficient (Wildman–Crippen LogP) is 11.3. The highest BCUT2D eigenvalue weighted by atomic mass is 35.5. The average molecular weight is 646 g/mol. The van der Waals surface area contributed by atoms with E-state index in [-0.39, 0.29) is 6.04 Å². The zero-order valence-corrected chi connectivity index (χ0v) is 27.3. The highest BCUT2D eigenvalue weighted by molar-refractivity contribution is 6.39. The smallest absolute Gasteiger partial charge is 0.217 e. The van der Waals surface area contributed by atoms with E-state index in [0.717, 1.165) is 61.5 Å². The Morgan fingerprint density at radius 3 is 1.96 bits per heavy atom. The fraction of sp³-hybridized carbons (Fsp3) is 0.150. The van der Waals surface area contributed by atoms with Gasteiger partial charge in [-0.15, -0.1) is 0 Å². The average Bonchev–Trinajstić information content (AvgIpc) is 3.66. The summed E-state index contributed by atoms with van der Waals surface area (Å²) in [5.74, 6) is 1.07. The standard InChI is InChI=1S/C34H28Cl2N2O2.C6H6/c1-3-29(22-11-5-4-6-12-22)38-21(2)27-19-23-13-8-10-16-26(23)31(33(27)40-36)30-25-15-9-7-14-24(25)20-28(32(30)35)34-37-17-18-39-34;1-2-4-6-5-3-1/h4-16,19-20,29H,3,17-18H2,1-2H3;1-6H. The Labute approximate surface area is 280 Å². The molecule has 6 heteroatoms. The Balaban J connectivity index is 0.000000557. The third-order valence-corrected chi connectivity index (χ3v) is 8.65. The normalized spacial score (nSPS) is 13.5. The molecule has 0 aromatic heterocycles. The second-order valence-electron chi connectivity index (χ2n) is 11.0. The van der Waals surface area contributed by atoms with E-state index in [1.165, 1.54) is 0 Å². The zero-order chi connectivity index (χ0) is 31.9. The van der Waals surface area contributed by atoms with Crippen LogP contribution in [0, 0.1) is 0 Å². The molecule has 0 fully saturated rings. The van der Waals surface area contributed by atoms with Crippen molar-refractivity contribution in [3.63, 3.8) is 0 Å². The maximum Gasteiger partial charge on any atom is 0.217 e. The molecule has 0 saturated carbocycles. The van der Waals surface area contributed by atoms with Crippen molar-refractivity contribution < 1.29 is 9.03 Å². The zero-order valence-electron chi connectivity index (χ0n) is 25.8. The van der Waals surface area contributed by atoms with E-state index in [2.05, 4.69) is 54.4 Å². The molecule has 0 spiro atoms. The van der Waals surface area contributed by atoms with E-state index >= 15 is 0 Å². The lowest BCUT2D eigenvalue weighted by atomic mass is 9.88. The molecule has 0 saturated heterocycles. The largest absolute Gasteiger partial charge is 0.475 e. The Bertz CT molecular complexity index is 2000. The Morgan fingerprint density at radius 2 is 1.37 bits per heavy atom. The molecule has 0 amide bonds. The van der Waals surface area contributed by atoms with Crippen LogP contribution in [0.3, 0.4) is 0 Å². The number of benzene rings is 6. The van der Waals surface area contributed by atoms with Crippen LogP contribution in [0.15, 0.2) is 137 Å². The van der Waals surface area contributed by atoms with E-state index < -0.39 is 0 Å². The highest BCUT2D eigenvalue weighted by Gasteiger charge is 2.26. The first-order valence-corrected chi connectivity index (χ1v) is 16.1. The van der Waals surface area contributed by atoms with E-state index in [1.54, 1.807) is 0 Å². The summed E-state index contributed by atoms with van der Waals surface area (Å²) in [6.07, 6.45) is 0.861. The first-order chi connectivity index (χ1) is 22.6. The summed E-state index contributed by atoms with van der Waals surface area (Å²) in [5, 5.41) is 4.56. The third-order valence-electron chi connectivity index (χ3n) is 8.11. The molecule has 1 atom stereocenters. The van der Waals surface area contributed by atoms with E-state index in [0.29, 0.717) is 29.8 Å². The van der Waals surface area contributed by atoms with Crippen molar-refractivity contribution in [1.82, 2.24) is 0 Å². The topological polar surface area (TPSA) is 43.2 Å². The molecule has 0 bridgehead atoms. The molecule has 1 heterocycles. The number of aliphatic imine (C=N–C) groups is 2. The fourth-order valence-corrected chi connectivity index (χ4v) is 6.40. The molecule has 46 heavy (non-hydrogen) atoms. The Kier molecular flexibility index (Phi) is 9.97. The number of hydrogen-bond donors (Lipinski definition) is 0. The summed E-state index contributed by atoms with van der Waals surface area (Å²) in [5.41, 5.74) is 5.20. The second-order valence-corrected chi connectivity index (χ2v) is 11.5. The number of rotatable bonds is 7. The van der Waals surface area contributed by atoms with Gasteiger partial charge in [0.05, 0.1) is 23.2 Å². The van der Waals surface area contributed by atoms with Crippen molar-refractivity contribution in [2.45, 2.75) is 26.3 Å². The van der Waals surface area contributed by atoms with Gasteiger partial charge in [-0.1, -0.05) is 134 Å². The first kappa shape index (κ1) is 31.3. The lowest BCUT2D eigenvalue weighted by molar-refractivity contribution is 0.348. The minimum Gasteiger partial charge on any atom is -0.475 e. The molecular weight excluding hydrogens is 611 g/mol. The van der Waals surface area contributed by atoms with Crippen LogP contribution in [0.1, 0.15) is 43.0 Å². The van der Waals surface area contributed by atoms with Crippen molar-refractivity contribution >= 4 is 56.6 Å². The molecule has 1 aliphatic heterocycles. The van der Waals surface area contributed by atoms with Crippen molar-refractivity contribution in [1.29, 1.82) is 0 Å². The maximum absolute atomic E-state index is 7.26. The van der Waals surface area contributed by atoms with E-state index in [9.17, 15) is 0 Å². The third kappa shape index (κ3) is 6.50. The van der Waals surface area contributed by atoms with Crippen molar-refractivity contribution in [3.8, 4) is 16.9 Å². The van der Waals surface area contributed by atoms with Gasteiger partial charge in [-0.25, -0.2) is 4.99 Å². The van der Waals surface area contributed by atoms with Gasteiger partial charge in [0.1, 0.15) is 18.5 Å². The molecule has 4 nitrogen and oxygen atoms in total. The minimum absolute atomic E-state index is 0.00423. The first-order valence-electron chi connectivity index (χ1n) is 15.4. The van der Waals surface area contributed by atoms with Gasteiger partial charge in [0, 0.05) is 22.4 Å². The van der Waals surface area contributed by atoms with Gasteiger partial charge in [-0.2, -0.15) is 0 Å². The lowest BCUT2D eigenvalue weighted by Crippen LogP contribution is -2.06. The predicted molar refractivity (Wildman–Crippen MR) is 194 cm³/mol. The van der Waals surface area contributed by atoms with Crippen molar-refractivity contribution in [2.24, 2.45) is 9.98 Å². The molecule has 1 unspecified atom stereocenters. The second kappa shape index (κ2) is 14.6. The number of halogens is 2. The Hall–Kier alpha value is -4.64. The van der Waals surface area contributed by atoms with Crippen LogP contribution in [0.4, 0.5) is 0 Å². The van der Waals surface area contributed by atoms with Gasteiger partial charge < -0.3 is 9.03 Å². The van der Waals surface area contributed by atoms with Gasteiger partial charge in [0.15, 0.2) is 5.75 Å². The number of fused-ring (bicyclic) bond motifs is 2. The highest BCUT2D eigenvalue weighted by Crippen LogP contribution is 2.48. The van der Waals surface area contributed by atoms with E-state index in [1.807, 2.05) is 91.9 Å². The number of hydrogen-bond acceptors (Lipinski definition) is 4. The van der Waals surface area contributed by atoms with E-state index in [4.69, 9.17) is 37.5 Å². The quantitative estimate of drug-likeness (QED) is 0.162. The molecular formula is C40H34Cl2N2O2. The van der Waals surface area contributed by atoms with Gasteiger partial charge >= 0.3 is 0 Å². The molecule has 0 aliphatic carbocycles. The van der Waals surface area contributed by atoms with Crippen LogP contribution in [-0.4, -0.2) is 24.8 Å². The van der Waals surface area contributed by atoms with Gasteiger partial charge in [-0.3, -0.25) is 4.99 Å². The molecule has 1 aliphatic rings. The van der Waals surface area contributed by atoms with Crippen LogP contribution < -0.4 is 4.29 Å². The summed E-state index contributed by atoms with van der Waals surface area (Å²) >= 11 is 13.6. The van der Waals surface area contributed by atoms with Gasteiger partial charge in [-0.05, 0) is 52.6 Å². The van der Waals surface area contributed by atoms with Gasteiger partial charge in [0.25, 0.3) is 0 Å². The van der Waals surface area contributed by atoms with Crippen LogP contribution >= 0.6 is 23.5 Å². The Morgan fingerprint density at radius 1 is 0.804 bits per heavy atom.